The highest BCUT2D eigenvalue weighted by Crippen LogP contribution is 2.30. The van der Waals surface area contributed by atoms with E-state index in [9.17, 15) is 9.59 Å². The van der Waals surface area contributed by atoms with Crippen molar-refractivity contribution < 1.29 is 14.0 Å². The van der Waals surface area contributed by atoms with Gasteiger partial charge in [-0.2, -0.15) is 0 Å². The minimum absolute atomic E-state index is 0.145. The number of nitrogens with one attached hydrogen (secondary N) is 2. The summed E-state index contributed by atoms with van der Waals surface area (Å²) < 4.78 is 5.95. The minimum atomic E-state index is -0.274. The zero-order chi connectivity index (χ0) is 19.2. The quantitative estimate of drug-likeness (QED) is 0.690. The Morgan fingerprint density at radius 1 is 1.00 bits per heavy atom. The van der Waals surface area contributed by atoms with Gasteiger partial charge in [-0.15, -0.1) is 0 Å². The summed E-state index contributed by atoms with van der Waals surface area (Å²) in [7, 11) is 0. The molecular formula is C21H21N3O3. The molecule has 6 heteroatoms. The van der Waals surface area contributed by atoms with Gasteiger partial charge >= 0.3 is 0 Å². The second-order valence-electron chi connectivity index (χ2n) is 6.08. The van der Waals surface area contributed by atoms with Gasteiger partial charge in [0.05, 0.1) is 0 Å². The molecule has 0 radical (unpaired) electrons. The van der Waals surface area contributed by atoms with Gasteiger partial charge in [0.15, 0.2) is 11.5 Å². The monoisotopic (exact) mass is 363 g/mol. The van der Waals surface area contributed by atoms with Crippen LogP contribution in [0, 0.1) is 0 Å². The first-order valence-electron chi connectivity index (χ1n) is 8.81. The van der Waals surface area contributed by atoms with Crippen LogP contribution in [0.3, 0.4) is 0 Å². The van der Waals surface area contributed by atoms with E-state index < -0.39 is 0 Å². The molecule has 3 rings (SSSR count). The lowest BCUT2D eigenvalue weighted by molar-refractivity contribution is -0.114. The lowest BCUT2D eigenvalue weighted by Crippen LogP contribution is -2.24. The lowest BCUT2D eigenvalue weighted by Gasteiger charge is -2.05. The molecule has 0 saturated heterocycles. The van der Waals surface area contributed by atoms with Crippen molar-refractivity contribution in [1.29, 1.82) is 0 Å². The number of hydrogen-bond donors (Lipinski definition) is 2. The first kappa shape index (κ1) is 18.4. The number of amides is 2. The van der Waals surface area contributed by atoms with Crippen LogP contribution in [0.4, 0.5) is 5.69 Å². The van der Waals surface area contributed by atoms with E-state index >= 15 is 0 Å². The average Bonchev–Trinajstić information content (AvgIpc) is 3.12. The van der Waals surface area contributed by atoms with Gasteiger partial charge in [0.2, 0.25) is 11.8 Å². The fraction of sp³-hybridized carbons (Fsp3) is 0.190. The van der Waals surface area contributed by atoms with Crippen molar-refractivity contribution >= 4 is 17.5 Å². The van der Waals surface area contributed by atoms with E-state index in [0.29, 0.717) is 29.4 Å². The van der Waals surface area contributed by atoms with Gasteiger partial charge < -0.3 is 15.1 Å². The van der Waals surface area contributed by atoms with Crippen LogP contribution in [-0.2, 0) is 4.79 Å². The molecule has 0 saturated carbocycles. The van der Waals surface area contributed by atoms with Crippen LogP contribution in [0.25, 0.3) is 22.8 Å². The summed E-state index contributed by atoms with van der Waals surface area (Å²) in [6.07, 6.45) is 0.829. The Hall–Kier alpha value is -3.41. The molecule has 3 aromatic rings. The molecule has 6 nitrogen and oxygen atoms in total. The van der Waals surface area contributed by atoms with Crippen LogP contribution >= 0.6 is 0 Å². The molecule has 0 unspecified atom stereocenters. The maximum atomic E-state index is 12.6. The van der Waals surface area contributed by atoms with E-state index in [0.717, 1.165) is 12.0 Å². The van der Waals surface area contributed by atoms with Gasteiger partial charge in [0.25, 0.3) is 5.91 Å². The first-order valence-corrected chi connectivity index (χ1v) is 8.81. The zero-order valence-corrected chi connectivity index (χ0v) is 15.3. The van der Waals surface area contributed by atoms with E-state index in [-0.39, 0.29) is 17.5 Å². The molecule has 0 spiro atoms. The Morgan fingerprint density at radius 2 is 1.70 bits per heavy atom. The maximum Gasteiger partial charge on any atom is 0.273 e. The predicted octanol–water partition coefficient (Wildman–Crippen LogP) is 4.11. The number of hydrogen-bond acceptors (Lipinski definition) is 4. The Bertz CT molecular complexity index is 931. The summed E-state index contributed by atoms with van der Waals surface area (Å²) in [6, 6.07) is 16.5. The van der Waals surface area contributed by atoms with Crippen LogP contribution in [0.5, 0.6) is 0 Å². The van der Waals surface area contributed by atoms with E-state index in [1.54, 1.807) is 24.3 Å². The first-order chi connectivity index (χ1) is 13.1. The Morgan fingerprint density at radius 3 is 2.33 bits per heavy atom. The van der Waals surface area contributed by atoms with Crippen molar-refractivity contribution in [1.82, 2.24) is 10.3 Å². The zero-order valence-electron chi connectivity index (χ0n) is 15.3. The summed E-state index contributed by atoms with van der Waals surface area (Å²) in [5, 5.41) is 5.56. The minimum Gasteiger partial charge on any atom is -0.435 e. The van der Waals surface area contributed by atoms with Crippen molar-refractivity contribution in [3.05, 3.63) is 60.3 Å². The molecule has 2 N–H and O–H groups in total. The topological polar surface area (TPSA) is 84.2 Å². The molecule has 0 fully saturated rings. The molecule has 0 aliphatic heterocycles. The molecular weight excluding hydrogens is 342 g/mol. The molecule has 1 aromatic heterocycles. The molecule has 0 aliphatic rings. The van der Waals surface area contributed by atoms with Gasteiger partial charge in [-0.05, 0) is 42.8 Å². The Kier molecular flexibility index (Phi) is 5.66. The van der Waals surface area contributed by atoms with Crippen molar-refractivity contribution in [2.45, 2.75) is 20.3 Å². The van der Waals surface area contributed by atoms with Crippen LogP contribution in [-0.4, -0.2) is 23.3 Å². The maximum absolute atomic E-state index is 12.6. The number of benzene rings is 2. The van der Waals surface area contributed by atoms with Crippen molar-refractivity contribution in [2.75, 3.05) is 11.9 Å². The number of nitrogens with zero attached hydrogens (tertiary/aromatic N) is 1. The van der Waals surface area contributed by atoms with Gasteiger partial charge in [0.1, 0.15) is 0 Å². The fourth-order valence-electron chi connectivity index (χ4n) is 2.60. The lowest BCUT2D eigenvalue weighted by atomic mass is 10.1. The number of anilines is 1. The van der Waals surface area contributed by atoms with Gasteiger partial charge in [-0.1, -0.05) is 25.1 Å². The largest absolute Gasteiger partial charge is 0.435 e. The summed E-state index contributed by atoms with van der Waals surface area (Å²) >= 11 is 0. The van der Waals surface area contributed by atoms with Gasteiger partial charge in [0, 0.05) is 30.3 Å². The molecule has 0 atom stereocenters. The summed E-state index contributed by atoms with van der Waals surface area (Å²) in [5.41, 5.74) is 2.42. The standard InChI is InChI=1S/C21H21N3O3/c1-3-13-22-20(26)18-19(15-9-11-17(12-10-15)23-14(2)25)27-21(24-18)16-7-5-4-6-8-16/h4-12H,3,13H2,1-2H3,(H,22,26)(H,23,25). The molecule has 27 heavy (non-hydrogen) atoms. The molecule has 1 heterocycles. The third kappa shape index (κ3) is 4.41. The number of oxazole rings is 1. The average molecular weight is 363 g/mol. The summed E-state index contributed by atoms with van der Waals surface area (Å²) in [5.74, 6) is 0.368. The van der Waals surface area contributed by atoms with Crippen LogP contribution in [0.2, 0.25) is 0 Å². The van der Waals surface area contributed by atoms with Crippen molar-refractivity contribution in [3.8, 4) is 22.8 Å². The number of rotatable bonds is 6. The predicted molar refractivity (Wildman–Crippen MR) is 104 cm³/mol. The summed E-state index contributed by atoms with van der Waals surface area (Å²) in [4.78, 5) is 28.2. The van der Waals surface area contributed by atoms with Gasteiger partial charge in [-0.3, -0.25) is 9.59 Å². The van der Waals surface area contributed by atoms with Crippen molar-refractivity contribution in [3.63, 3.8) is 0 Å². The van der Waals surface area contributed by atoms with E-state index in [1.165, 1.54) is 6.92 Å². The highest BCUT2D eigenvalue weighted by molar-refractivity contribution is 5.98. The molecule has 138 valence electrons. The molecule has 2 amide bonds. The highest BCUT2D eigenvalue weighted by atomic mass is 16.4. The third-order valence-electron chi connectivity index (χ3n) is 3.87. The van der Waals surface area contributed by atoms with Crippen LogP contribution in [0.1, 0.15) is 30.8 Å². The van der Waals surface area contributed by atoms with Crippen molar-refractivity contribution in [2.24, 2.45) is 0 Å². The number of carbonyl (C=O) groups is 2. The Balaban J connectivity index is 2.00. The van der Waals surface area contributed by atoms with E-state index in [1.807, 2.05) is 37.3 Å². The number of carbonyl (C=O) groups excluding carboxylic acids is 2. The molecule has 0 aliphatic carbocycles. The smallest absolute Gasteiger partial charge is 0.273 e. The SMILES string of the molecule is CCCNC(=O)c1nc(-c2ccccc2)oc1-c1ccc(NC(C)=O)cc1. The fourth-order valence-corrected chi connectivity index (χ4v) is 2.60. The second kappa shape index (κ2) is 8.31. The van der Waals surface area contributed by atoms with E-state index in [4.69, 9.17) is 4.42 Å². The highest BCUT2D eigenvalue weighted by Gasteiger charge is 2.22. The normalized spacial score (nSPS) is 10.4. The Labute approximate surface area is 157 Å². The van der Waals surface area contributed by atoms with E-state index in [2.05, 4.69) is 15.6 Å². The number of aromatic nitrogens is 1. The van der Waals surface area contributed by atoms with Crippen LogP contribution < -0.4 is 10.6 Å². The molecule has 0 bridgehead atoms. The van der Waals surface area contributed by atoms with Gasteiger partial charge in [-0.25, -0.2) is 4.98 Å². The molecule has 2 aromatic carbocycles. The third-order valence-corrected chi connectivity index (χ3v) is 3.87. The van der Waals surface area contributed by atoms with Crippen LogP contribution in [0.15, 0.2) is 59.0 Å². The summed E-state index contributed by atoms with van der Waals surface area (Å²) in [6.45, 7) is 4.00. The second-order valence-corrected chi connectivity index (χ2v) is 6.08.